The monoisotopic (exact) mass is 263 g/mol. The molecular weight excluding hydrogens is 250 g/mol. The number of aromatic amines is 1. The molecular formula is C9H14ClN3O2S. The third kappa shape index (κ3) is 3.70. The van der Waals surface area contributed by atoms with Crippen LogP contribution in [0.25, 0.3) is 0 Å². The summed E-state index contributed by atoms with van der Waals surface area (Å²) in [5.74, 6) is 0.592. The van der Waals surface area contributed by atoms with Crippen molar-refractivity contribution in [3.63, 3.8) is 0 Å². The highest BCUT2D eigenvalue weighted by atomic mass is 35.5. The number of rotatable bonds is 5. The van der Waals surface area contributed by atoms with Gasteiger partial charge in [0.05, 0.1) is 17.5 Å². The van der Waals surface area contributed by atoms with Crippen LogP contribution >= 0.6 is 23.4 Å². The molecule has 0 fully saturated rings. The maximum Gasteiger partial charge on any atom is 0.285 e. The molecule has 1 heterocycles. The largest absolute Gasteiger partial charge is 0.387 e. The molecule has 1 aromatic rings. The Balaban J connectivity index is 2.68. The minimum atomic E-state index is -0.856. The van der Waals surface area contributed by atoms with Gasteiger partial charge >= 0.3 is 0 Å². The Kier molecular flexibility index (Phi) is 4.64. The number of hydrogen-bond donors (Lipinski definition) is 3. The Bertz CT molecular complexity index is 408. The first-order chi connectivity index (χ1) is 7.46. The van der Waals surface area contributed by atoms with Gasteiger partial charge in [-0.1, -0.05) is 11.6 Å². The van der Waals surface area contributed by atoms with Crippen LogP contribution in [0, 0.1) is 0 Å². The van der Waals surface area contributed by atoms with Gasteiger partial charge in [0.2, 0.25) is 0 Å². The van der Waals surface area contributed by atoms with Gasteiger partial charge in [0.15, 0.2) is 0 Å². The summed E-state index contributed by atoms with van der Waals surface area (Å²) in [6, 6.07) is 0. The van der Waals surface area contributed by atoms with Crippen LogP contribution in [0.4, 0.5) is 5.69 Å². The lowest BCUT2D eigenvalue weighted by Gasteiger charge is -2.23. The Hall–Kier alpha value is -0.720. The van der Waals surface area contributed by atoms with E-state index >= 15 is 0 Å². The second kappa shape index (κ2) is 5.56. The van der Waals surface area contributed by atoms with E-state index in [2.05, 4.69) is 15.5 Å². The molecule has 0 aliphatic heterocycles. The molecule has 0 aliphatic carbocycles. The number of H-pyrrole nitrogens is 1. The van der Waals surface area contributed by atoms with Crippen molar-refractivity contribution in [2.75, 3.05) is 23.9 Å². The fraction of sp³-hybridized carbons (Fsp3) is 0.556. The fourth-order valence-corrected chi connectivity index (χ4v) is 2.04. The smallest absolute Gasteiger partial charge is 0.285 e. The zero-order valence-electron chi connectivity index (χ0n) is 9.08. The number of thioether (sulfide) groups is 1. The van der Waals surface area contributed by atoms with E-state index in [0.29, 0.717) is 18.0 Å². The summed E-state index contributed by atoms with van der Waals surface area (Å²) < 4.78 is 0. The van der Waals surface area contributed by atoms with E-state index in [0.717, 1.165) is 0 Å². The van der Waals surface area contributed by atoms with Gasteiger partial charge < -0.3 is 10.4 Å². The van der Waals surface area contributed by atoms with E-state index in [1.165, 1.54) is 6.20 Å². The van der Waals surface area contributed by atoms with Crippen LogP contribution < -0.4 is 10.9 Å². The van der Waals surface area contributed by atoms with Gasteiger partial charge in [-0.25, -0.2) is 5.10 Å². The average molecular weight is 264 g/mol. The van der Waals surface area contributed by atoms with Crippen molar-refractivity contribution in [3.05, 3.63) is 21.6 Å². The van der Waals surface area contributed by atoms with Gasteiger partial charge in [0, 0.05) is 12.3 Å². The Morgan fingerprint density at radius 2 is 2.44 bits per heavy atom. The molecule has 0 spiro atoms. The highest BCUT2D eigenvalue weighted by Gasteiger charge is 2.19. The minimum Gasteiger partial charge on any atom is -0.387 e. The van der Waals surface area contributed by atoms with Crippen LogP contribution in [-0.2, 0) is 0 Å². The average Bonchev–Trinajstić information content (AvgIpc) is 2.20. The molecule has 1 aromatic heterocycles. The molecule has 1 atom stereocenters. The van der Waals surface area contributed by atoms with Crippen molar-refractivity contribution in [2.24, 2.45) is 0 Å². The predicted molar refractivity (Wildman–Crippen MR) is 67.4 cm³/mol. The van der Waals surface area contributed by atoms with Gasteiger partial charge in [0.1, 0.15) is 5.02 Å². The van der Waals surface area contributed by atoms with E-state index in [1.807, 2.05) is 6.26 Å². The first-order valence-corrected chi connectivity index (χ1v) is 6.42. The topological polar surface area (TPSA) is 78.0 Å². The van der Waals surface area contributed by atoms with E-state index in [-0.39, 0.29) is 5.02 Å². The molecule has 0 bridgehead atoms. The maximum absolute atomic E-state index is 11.1. The number of anilines is 1. The second-order valence-electron chi connectivity index (χ2n) is 3.71. The van der Waals surface area contributed by atoms with Crippen molar-refractivity contribution >= 4 is 29.1 Å². The molecule has 0 aromatic carbocycles. The lowest BCUT2D eigenvalue weighted by Crippen LogP contribution is -2.36. The number of aliphatic hydroxyl groups is 1. The quantitative estimate of drug-likeness (QED) is 0.737. The maximum atomic E-state index is 11.1. The van der Waals surface area contributed by atoms with Crippen LogP contribution in [0.2, 0.25) is 5.02 Å². The Morgan fingerprint density at radius 3 is 3.06 bits per heavy atom. The number of nitrogens with zero attached hydrogens (tertiary/aromatic N) is 1. The number of halogens is 1. The van der Waals surface area contributed by atoms with Crippen LogP contribution in [0.3, 0.4) is 0 Å². The van der Waals surface area contributed by atoms with E-state index < -0.39 is 11.2 Å². The molecule has 0 saturated carbocycles. The zero-order valence-corrected chi connectivity index (χ0v) is 10.7. The molecule has 0 aliphatic rings. The number of nitrogens with one attached hydrogen (secondary N) is 2. The summed E-state index contributed by atoms with van der Waals surface area (Å²) in [5, 5.41) is 18.7. The molecule has 0 amide bonds. The first-order valence-electron chi connectivity index (χ1n) is 4.64. The Morgan fingerprint density at radius 1 is 1.75 bits per heavy atom. The highest BCUT2D eigenvalue weighted by Crippen LogP contribution is 2.17. The standard InChI is InChI=1S/C9H14ClN3O2S/c1-9(15,5-16-2)4-11-6-3-12-13-8(14)7(6)10/h3,15H,4-5H2,1-2H3,(H2,11,13,14). The third-order valence-corrected chi connectivity index (χ3v) is 3.20. The van der Waals surface area contributed by atoms with Crippen LogP contribution in [0.5, 0.6) is 0 Å². The van der Waals surface area contributed by atoms with Gasteiger partial charge in [-0.05, 0) is 13.2 Å². The first kappa shape index (κ1) is 13.3. The van der Waals surface area contributed by atoms with Gasteiger partial charge in [-0.3, -0.25) is 4.79 Å². The van der Waals surface area contributed by atoms with Crippen molar-refractivity contribution < 1.29 is 5.11 Å². The lowest BCUT2D eigenvalue weighted by molar-refractivity contribution is 0.0997. The van der Waals surface area contributed by atoms with Gasteiger partial charge in [-0.2, -0.15) is 16.9 Å². The van der Waals surface area contributed by atoms with Crippen LogP contribution in [0.1, 0.15) is 6.92 Å². The summed E-state index contributed by atoms with van der Waals surface area (Å²) in [6.45, 7) is 2.02. The van der Waals surface area contributed by atoms with E-state index in [9.17, 15) is 9.90 Å². The lowest BCUT2D eigenvalue weighted by atomic mass is 10.1. The molecule has 16 heavy (non-hydrogen) atoms. The minimum absolute atomic E-state index is 0.0509. The molecule has 90 valence electrons. The molecule has 0 saturated heterocycles. The molecule has 1 rings (SSSR count). The molecule has 1 unspecified atom stereocenters. The highest BCUT2D eigenvalue weighted by molar-refractivity contribution is 7.98. The van der Waals surface area contributed by atoms with Crippen LogP contribution in [0.15, 0.2) is 11.0 Å². The fourth-order valence-electron chi connectivity index (χ4n) is 1.15. The third-order valence-electron chi connectivity index (χ3n) is 1.91. The Labute approximate surface area is 103 Å². The molecule has 5 nitrogen and oxygen atoms in total. The van der Waals surface area contributed by atoms with E-state index in [4.69, 9.17) is 11.6 Å². The number of aromatic nitrogens is 2. The molecule has 0 radical (unpaired) electrons. The van der Waals surface area contributed by atoms with Crippen LogP contribution in [-0.4, -0.2) is 39.5 Å². The summed E-state index contributed by atoms with van der Waals surface area (Å²) >= 11 is 7.31. The summed E-state index contributed by atoms with van der Waals surface area (Å²) in [4.78, 5) is 11.1. The summed E-state index contributed by atoms with van der Waals surface area (Å²) in [7, 11) is 0. The zero-order chi connectivity index (χ0) is 12.2. The number of hydrogen-bond acceptors (Lipinski definition) is 5. The van der Waals surface area contributed by atoms with E-state index in [1.54, 1.807) is 18.7 Å². The van der Waals surface area contributed by atoms with Crippen molar-refractivity contribution in [1.29, 1.82) is 0 Å². The van der Waals surface area contributed by atoms with Gasteiger partial charge in [0.25, 0.3) is 5.56 Å². The van der Waals surface area contributed by atoms with Crippen molar-refractivity contribution in [1.82, 2.24) is 10.2 Å². The molecule has 7 heteroatoms. The van der Waals surface area contributed by atoms with Crippen molar-refractivity contribution in [2.45, 2.75) is 12.5 Å². The summed E-state index contributed by atoms with van der Waals surface area (Å²) in [5.41, 5.74) is -0.881. The summed E-state index contributed by atoms with van der Waals surface area (Å²) in [6.07, 6.45) is 3.33. The van der Waals surface area contributed by atoms with Crippen molar-refractivity contribution in [3.8, 4) is 0 Å². The normalized spacial score (nSPS) is 14.5. The predicted octanol–water partition coefficient (Wildman–Crippen LogP) is 0.949. The SMILES string of the molecule is CSCC(C)(O)CNc1cn[nH]c(=O)c1Cl. The van der Waals surface area contributed by atoms with Gasteiger partial charge in [-0.15, -0.1) is 0 Å². The second-order valence-corrected chi connectivity index (χ2v) is 4.95. The molecule has 3 N–H and O–H groups in total.